The van der Waals surface area contributed by atoms with E-state index in [1.807, 2.05) is 0 Å². The third kappa shape index (κ3) is 2.04. The maximum Gasteiger partial charge on any atom is 0.148 e. The summed E-state index contributed by atoms with van der Waals surface area (Å²) in [5, 5.41) is 7.43. The van der Waals surface area contributed by atoms with Crippen molar-refractivity contribution in [2.45, 2.75) is 64.2 Å². The molecule has 0 aromatic carbocycles. The SMILES string of the molecule is CCc1c(N)n[nH]c1C1CCC2CCCCC2C1. The molecule has 0 aliphatic heterocycles. The molecule has 2 fully saturated rings. The molecule has 18 heavy (non-hydrogen) atoms. The van der Waals surface area contributed by atoms with Crippen molar-refractivity contribution in [3.05, 3.63) is 11.3 Å². The van der Waals surface area contributed by atoms with E-state index in [-0.39, 0.29) is 0 Å². The minimum Gasteiger partial charge on any atom is -0.382 e. The number of aromatic amines is 1. The quantitative estimate of drug-likeness (QED) is 0.838. The molecular weight excluding hydrogens is 222 g/mol. The van der Waals surface area contributed by atoms with E-state index < -0.39 is 0 Å². The first-order valence-electron chi connectivity index (χ1n) is 7.62. The van der Waals surface area contributed by atoms with Crippen molar-refractivity contribution < 1.29 is 0 Å². The predicted octanol–water partition coefficient (Wildman–Crippen LogP) is 3.63. The van der Waals surface area contributed by atoms with Crippen LogP contribution in [0.3, 0.4) is 0 Å². The molecule has 0 bridgehead atoms. The van der Waals surface area contributed by atoms with Gasteiger partial charge in [0.1, 0.15) is 5.82 Å². The average molecular weight is 247 g/mol. The second-order valence-electron chi connectivity index (χ2n) is 6.17. The Kier molecular flexibility index (Phi) is 3.31. The van der Waals surface area contributed by atoms with Crippen LogP contribution in [-0.4, -0.2) is 10.2 Å². The Hall–Kier alpha value is -0.990. The number of nitrogens with zero attached hydrogens (tertiary/aromatic N) is 1. The summed E-state index contributed by atoms with van der Waals surface area (Å²) >= 11 is 0. The summed E-state index contributed by atoms with van der Waals surface area (Å²) in [5.74, 6) is 3.38. The van der Waals surface area contributed by atoms with Crippen LogP contribution < -0.4 is 5.73 Å². The number of hydrogen-bond donors (Lipinski definition) is 2. The predicted molar refractivity (Wildman–Crippen MR) is 74.4 cm³/mol. The van der Waals surface area contributed by atoms with E-state index in [9.17, 15) is 0 Å². The number of nitrogen functional groups attached to an aromatic ring is 1. The summed E-state index contributed by atoms with van der Waals surface area (Å²) in [7, 11) is 0. The third-order valence-corrected chi connectivity index (χ3v) is 5.23. The van der Waals surface area contributed by atoms with Crippen LogP contribution in [0.5, 0.6) is 0 Å². The van der Waals surface area contributed by atoms with Crippen LogP contribution in [0, 0.1) is 11.8 Å². The van der Waals surface area contributed by atoms with Crippen molar-refractivity contribution in [1.29, 1.82) is 0 Å². The van der Waals surface area contributed by atoms with Crippen LogP contribution in [0.2, 0.25) is 0 Å². The molecule has 1 aromatic rings. The Morgan fingerprint density at radius 3 is 2.72 bits per heavy atom. The highest BCUT2D eigenvalue weighted by molar-refractivity contribution is 5.43. The molecule has 0 amide bonds. The van der Waals surface area contributed by atoms with E-state index in [1.54, 1.807) is 0 Å². The average Bonchev–Trinajstić information content (AvgIpc) is 2.79. The molecule has 100 valence electrons. The zero-order valence-electron chi connectivity index (χ0n) is 11.4. The largest absolute Gasteiger partial charge is 0.382 e. The van der Waals surface area contributed by atoms with Gasteiger partial charge in [-0.05, 0) is 37.5 Å². The van der Waals surface area contributed by atoms with Crippen molar-refractivity contribution in [2.75, 3.05) is 5.73 Å². The fourth-order valence-corrected chi connectivity index (χ4v) is 4.24. The molecule has 3 atom stereocenters. The van der Waals surface area contributed by atoms with Gasteiger partial charge < -0.3 is 5.73 Å². The molecule has 3 heteroatoms. The zero-order chi connectivity index (χ0) is 12.5. The van der Waals surface area contributed by atoms with Gasteiger partial charge in [0, 0.05) is 17.2 Å². The number of fused-ring (bicyclic) bond motifs is 1. The summed E-state index contributed by atoms with van der Waals surface area (Å²) in [6.07, 6.45) is 10.9. The number of anilines is 1. The van der Waals surface area contributed by atoms with Crippen LogP contribution in [-0.2, 0) is 6.42 Å². The molecule has 0 spiro atoms. The van der Waals surface area contributed by atoms with E-state index in [0.717, 1.165) is 24.1 Å². The lowest BCUT2D eigenvalue weighted by atomic mass is 9.66. The minimum absolute atomic E-state index is 0.684. The van der Waals surface area contributed by atoms with Crippen molar-refractivity contribution in [3.8, 4) is 0 Å². The van der Waals surface area contributed by atoms with Crippen molar-refractivity contribution in [2.24, 2.45) is 11.8 Å². The molecule has 3 unspecified atom stereocenters. The van der Waals surface area contributed by atoms with Crippen molar-refractivity contribution >= 4 is 5.82 Å². The van der Waals surface area contributed by atoms with E-state index in [1.165, 1.54) is 56.2 Å². The summed E-state index contributed by atoms with van der Waals surface area (Å²) < 4.78 is 0. The Labute approximate surface area is 110 Å². The molecule has 0 radical (unpaired) electrons. The van der Waals surface area contributed by atoms with Crippen LogP contribution in [0.15, 0.2) is 0 Å². The molecule has 3 N–H and O–H groups in total. The molecule has 3 rings (SSSR count). The van der Waals surface area contributed by atoms with Crippen molar-refractivity contribution in [1.82, 2.24) is 10.2 Å². The summed E-state index contributed by atoms with van der Waals surface area (Å²) in [5.41, 5.74) is 8.57. The van der Waals surface area contributed by atoms with Crippen LogP contribution in [0.1, 0.15) is 69.0 Å². The summed E-state index contributed by atoms with van der Waals surface area (Å²) in [4.78, 5) is 0. The Morgan fingerprint density at radius 1 is 1.17 bits per heavy atom. The number of nitrogens with two attached hydrogens (primary N) is 1. The number of nitrogens with one attached hydrogen (secondary N) is 1. The summed E-state index contributed by atoms with van der Waals surface area (Å²) in [6, 6.07) is 0. The van der Waals surface area contributed by atoms with Gasteiger partial charge in [-0.15, -0.1) is 0 Å². The first-order chi connectivity index (χ1) is 8.79. The Morgan fingerprint density at radius 2 is 1.94 bits per heavy atom. The Bertz CT molecular complexity index is 410. The summed E-state index contributed by atoms with van der Waals surface area (Å²) in [6.45, 7) is 2.18. The van der Waals surface area contributed by atoms with Crippen LogP contribution >= 0.6 is 0 Å². The molecule has 2 aliphatic carbocycles. The highest BCUT2D eigenvalue weighted by atomic mass is 15.2. The first kappa shape index (κ1) is 12.1. The highest BCUT2D eigenvalue weighted by Crippen LogP contribution is 2.46. The van der Waals surface area contributed by atoms with Gasteiger partial charge in [-0.2, -0.15) is 5.10 Å². The normalized spacial score (nSPS) is 32.2. The minimum atomic E-state index is 0.684. The van der Waals surface area contributed by atoms with E-state index in [0.29, 0.717) is 5.92 Å². The molecule has 1 aromatic heterocycles. The number of H-pyrrole nitrogens is 1. The smallest absolute Gasteiger partial charge is 0.148 e. The lowest BCUT2D eigenvalue weighted by molar-refractivity contribution is 0.154. The second-order valence-corrected chi connectivity index (χ2v) is 6.17. The fraction of sp³-hybridized carbons (Fsp3) is 0.800. The molecular formula is C15H25N3. The van der Waals surface area contributed by atoms with Crippen LogP contribution in [0.4, 0.5) is 5.82 Å². The molecule has 3 nitrogen and oxygen atoms in total. The highest BCUT2D eigenvalue weighted by Gasteiger charge is 2.34. The number of aromatic nitrogens is 2. The van der Waals surface area contributed by atoms with E-state index >= 15 is 0 Å². The van der Waals surface area contributed by atoms with Gasteiger partial charge in [0.25, 0.3) is 0 Å². The van der Waals surface area contributed by atoms with Crippen molar-refractivity contribution in [3.63, 3.8) is 0 Å². The first-order valence-corrected chi connectivity index (χ1v) is 7.62. The third-order valence-electron chi connectivity index (χ3n) is 5.23. The van der Waals surface area contributed by atoms with E-state index in [4.69, 9.17) is 5.73 Å². The maximum absolute atomic E-state index is 5.95. The second kappa shape index (κ2) is 4.94. The zero-order valence-corrected chi connectivity index (χ0v) is 11.4. The molecule has 2 saturated carbocycles. The standard InChI is InChI=1S/C15H25N3/c1-2-13-14(17-18-15(13)16)12-8-7-10-5-3-4-6-11(10)9-12/h10-12H,2-9H2,1H3,(H3,16,17,18). The monoisotopic (exact) mass is 247 g/mol. The van der Waals surface area contributed by atoms with Gasteiger partial charge in [0.2, 0.25) is 0 Å². The van der Waals surface area contributed by atoms with Crippen LogP contribution in [0.25, 0.3) is 0 Å². The topological polar surface area (TPSA) is 54.7 Å². The Balaban J connectivity index is 1.77. The lowest BCUT2D eigenvalue weighted by Gasteiger charge is -2.39. The molecule has 1 heterocycles. The molecule has 2 aliphatic rings. The van der Waals surface area contributed by atoms with Gasteiger partial charge in [-0.3, -0.25) is 5.10 Å². The molecule has 0 saturated heterocycles. The lowest BCUT2D eigenvalue weighted by Crippen LogP contribution is -2.27. The maximum atomic E-state index is 5.95. The van der Waals surface area contributed by atoms with Gasteiger partial charge >= 0.3 is 0 Å². The van der Waals surface area contributed by atoms with Gasteiger partial charge in [0.05, 0.1) is 0 Å². The number of rotatable bonds is 2. The van der Waals surface area contributed by atoms with Gasteiger partial charge in [-0.1, -0.05) is 32.6 Å². The van der Waals surface area contributed by atoms with Gasteiger partial charge in [0.15, 0.2) is 0 Å². The van der Waals surface area contributed by atoms with Gasteiger partial charge in [-0.25, -0.2) is 0 Å². The fourth-order valence-electron chi connectivity index (χ4n) is 4.24. The number of hydrogen-bond acceptors (Lipinski definition) is 2. The van der Waals surface area contributed by atoms with E-state index in [2.05, 4.69) is 17.1 Å².